The summed E-state index contributed by atoms with van der Waals surface area (Å²) in [5.74, 6) is -0.416. The molecule has 0 fully saturated rings. The molecule has 0 aliphatic carbocycles. The third-order valence-corrected chi connectivity index (χ3v) is 1.50. The van der Waals surface area contributed by atoms with E-state index in [2.05, 4.69) is 0 Å². The summed E-state index contributed by atoms with van der Waals surface area (Å²) in [5, 5.41) is 0. The Bertz CT molecular complexity index is 136. The summed E-state index contributed by atoms with van der Waals surface area (Å²) in [4.78, 5) is 11.1. The van der Waals surface area contributed by atoms with Gasteiger partial charge in [-0.15, -0.1) is 0 Å². The molecular formula is C8H17NO4. The van der Waals surface area contributed by atoms with E-state index < -0.39 is 12.1 Å². The second kappa shape index (κ2) is 7.97. The van der Waals surface area contributed by atoms with Gasteiger partial charge in [0.2, 0.25) is 0 Å². The van der Waals surface area contributed by atoms with Gasteiger partial charge in [-0.3, -0.25) is 0 Å². The zero-order valence-corrected chi connectivity index (χ0v) is 8.12. The van der Waals surface area contributed by atoms with Gasteiger partial charge in [0, 0.05) is 33.8 Å². The molecule has 0 aliphatic rings. The smallest absolute Gasteiger partial charge is 0.336 e. The number of hydrogen-bond acceptors (Lipinski definition) is 5. The SMILES string of the molecule is COCCCOC(=O)C(CN)OC. The van der Waals surface area contributed by atoms with Crippen LogP contribution < -0.4 is 5.73 Å². The van der Waals surface area contributed by atoms with Crippen molar-refractivity contribution in [3.05, 3.63) is 0 Å². The van der Waals surface area contributed by atoms with E-state index in [4.69, 9.17) is 19.9 Å². The fraction of sp³-hybridized carbons (Fsp3) is 0.875. The predicted octanol–water partition coefficient (Wildman–Crippen LogP) is -0.460. The van der Waals surface area contributed by atoms with E-state index >= 15 is 0 Å². The van der Waals surface area contributed by atoms with Crippen molar-refractivity contribution in [2.24, 2.45) is 5.73 Å². The van der Waals surface area contributed by atoms with Crippen LogP contribution in [0.25, 0.3) is 0 Å². The molecule has 0 aromatic heterocycles. The third kappa shape index (κ3) is 5.57. The molecule has 0 rings (SSSR count). The molecule has 0 aromatic rings. The normalized spacial score (nSPS) is 12.5. The van der Waals surface area contributed by atoms with E-state index in [-0.39, 0.29) is 6.54 Å². The van der Waals surface area contributed by atoms with Gasteiger partial charge < -0.3 is 19.9 Å². The fourth-order valence-electron chi connectivity index (χ4n) is 0.758. The molecular weight excluding hydrogens is 174 g/mol. The van der Waals surface area contributed by atoms with Crippen molar-refractivity contribution in [2.75, 3.05) is 34.0 Å². The van der Waals surface area contributed by atoms with Crippen LogP contribution in [0, 0.1) is 0 Å². The number of ether oxygens (including phenoxy) is 3. The van der Waals surface area contributed by atoms with Crippen LogP contribution in [0.2, 0.25) is 0 Å². The van der Waals surface area contributed by atoms with Gasteiger partial charge in [0.1, 0.15) is 0 Å². The van der Waals surface area contributed by atoms with Crippen LogP contribution in [0.1, 0.15) is 6.42 Å². The predicted molar refractivity (Wildman–Crippen MR) is 47.3 cm³/mol. The summed E-state index contributed by atoms with van der Waals surface area (Å²) >= 11 is 0. The molecule has 5 heteroatoms. The Morgan fingerprint density at radius 2 is 2.08 bits per heavy atom. The summed E-state index contributed by atoms with van der Waals surface area (Å²) in [7, 11) is 3.02. The molecule has 1 unspecified atom stereocenters. The lowest BCUT2D eigenvalue weighted by Crippen LogP contribution is -2.33. The Morgan fingerprint density at radius 3 is 2.54 bits per heavy atom. The van der Waals surface area contributed by atoms with Gasteiger partial charge in [0.15, 0.2) is 6.10 Å². The van der Waals surface area contributed by atoms with E-state index in [1.165, 1.54) is 7.11 Å². The molecule has 0 bridgehead atoms. The fourth-order valence-corrected chi connectivity index (χ4v) is 0.758. The van der Waals surface area contributed by atoms with Gasteiger partial charge in [0.25, 0.3) is 0 Å². The molecule has 78 valence electrons. The van der Waals surface area contributed by atoms with E-state index in [1.54, 1.807) is 7.11 Å². The molecule has 13 heavy (non-hydrogen) atoms. The van der Waals surface area contributed by atoms with Crippen LogP contribution >= 0.6 is 0 Å². The molecule has 5 nitrogen and oxygen atoms in total. The molecule has 0 spiro atoms. The minimum atomic E-state index is -0.650. The van der Waals surface area contributed by atoms with Crippen molar-refractivity contribution in [3.8, 4) is 0 Å². The molecule has 2 N–H and O–H groups in total. The number of hydrogen-bond donors (Lipinski definition) is 1. The number of esters is 1. The maximum atomic E-state index is 11.1. The molecule has 0 saturated carbocycles. The van der Waals surface area contributed by atoms with Crippen molar-refractivity contribution in [1.29, 1.82) is 0 Å². The first-order valence-corrected chi connectivity index (χ1v) is 4.14. The Hall–Kier alpha value is -0.650. The van der Waals surface area contributed by atoms with Gasteiger partial charge in [0.05, 0.1) is 6.61 Å². The van der Waals surface area contributed by atoms with E-state index in [1.807, 2.05) is 0 Å². The summed E-state index contributed by atoms with van der Waals surface area (Å²) < 4.78 is 14.4. The zero-order valence-electron chi connectivity index (χ0n) is 8.12. The van der Waals surface area contributed by atoms with Crippen LogP contribution in [0.3, 0.4) is 0 Å². The highest BCUT2D eigenvalue weighted by atomic mass is 16.6. The summed E-state index contributed by atoms with van der Waals surface area (Å²) in [6.45, 7) is 1.06. The number of nitrogens with two attached hydrogens (primary N) is 1. The summed E-state index contributed by atoms with van der Waals surface area (Å²) in [5.41, 5.74) is 5.26. The summed E-state index contributed by atoms with van der Waals surface area (Å²) in [6.07, 6.45) is 0.0334. The maximum Gasteiger partial charge on any atom is 0.336 e. The molecule has 0 heterocycles. The lowest BCUT2D eigenvalue weighted by Gasteiger charge is -2.11. The van der Waals surface area contributed by atoms with Gasteiger partial charge in [-0.05, 0) is 0 Å². The highest BCUT2D eigenvalue weighted by molar-refractivity contribution is 5.74. The molecule has 0 aliphatic heterocycles. The van der Waals surface area contributed by atoms with Gasteiger partial charge in [-0.2, -0.15) is 0 Å². The van der Waals surface area contributed by atoms with Crippen LogP contribution in [-0.4, -0.2) is 46.1 Å². The number of carbonyl (C=O) groups is 1. The first kappa shape index (κ1) is 12.3. The molecule has 0 radical (unpaired) electrons. The molecule has 0 amide bonds. The van der Waals surface area contributed by atoms with E-state index in [9.17, 15) is 4.79 Å². The van der Waals surface area contributed by atoms with Gasteiger partial charge in [-0.1, -0.05) is 0 Å². The molecule has 0 aromatic carbocycles. The number of methoxy groups -OCH3 is 2. The van der Waals surface area contributed by atoms with Gasteiger partial charge in [-0.25, -0.2) is 4.79 Å². The monoisotopic (exact) mass is 191 g/mol. The largest absolute Gasteiger partial charge is 0.464 e. The van der Waals surface area contributed by atoms with Crippen LogP contribution in [-0.2, 0) is 19.0 Å². The Morgan fingerprint density at radius 1 is 1.38 bits per heavy atom. The van der Waals surface area contributed by atoms with Crippen LogP contribution in [0.4, 0.5) is 0 Å². The lowest BCUT2D eigenvalue weighted by molar-refractivity contribution is -0.155. The topological polar surface area (TPSA) is 70.8 Å². The van der Waals surface area contributed by atoms with Crippen LogP contribution in [0.5, 0.6) is 0 Å². The standard InChI is InChI=1S/C8H17NO4/c1-11-4-3-5-13-8(10)7(6-9)12-2/h7H,3-6,9H2,1-2H3. The minimum absolute atomic E-state index is 0.139. The quantitative estimate of drug-likeness (QED) is 0.435. The maximum absolute atomic E-state index is 11.1. The Labute approximate surface area is 78.1 Å². The average molecular weight is 191 g/mol. The van der Waals surface area contributed by atoms with Crippen molar-refractivity contribution in [1.82, 2.24) is 0 Å². The van der Waals surface area contributed by atoms with Crippen molar-refractivity contribution >= 4 is 5.97 Å². The highest BCUT2D eigenvalue weighted by Crippen LogP contribution is 1.93. The van der Waals surface area contributed by atoms with Gasteiger partial charge >= 0.3 is 5.97 Å². The molecule has 0 saturated heterocycles. The number of carbonyl (C=O) groups excluding carboxylic acids is 1. The average Bonchev–Trinajstić information content (AvgIpc) is 2.14. The first-order valence-electron chi connectivity index (χ1n) is 4.14. The highest BCUT2D eigenvalue weighted by Gasteiger charge is 2.16. The second-order valence-corrected chi connectivity index (χ2v) is 2.47. The second-order valence-electron chi connectivity index (χ2n) is 2.47. The third-order valence-electron chi connectivity index (χ3n) is 1.50. The Balaban J connectivity index is 3.48. The molecule has 1 atom stereocenters. The Kier molecular flexibility index (Phi) is 7.57. The number of rotatable bonds is 7. The van der Waals surface area contributed by atoms with Crippen LogP contribution in [0.15, 0.2) is 0 Å². The lowest BCUT2D eigenvalue weighted by atomic mass is 10.3. The van der Waals surface area contributed by atoms with E-state index in [0.29, 0.717) is 19.6 Å². The van der Waals surface area contributed by atoms with E-state index in [0.717, 1.165) is 0 Å². The zero-order chi connectivity index (χ0) is 10.1. The van der Waals surface area contributed by atoms with Crippen molar-refractivity contribution < 1.29 is 19.0 Å². The minimum Gasteiger partial charge on any atom is -0.464 e. The summed E-state index contributed by atoms with van der Waals surface area (Å²) in [6, 6.07) is 0. The van der Waals surface area contributed by atoms with Crippen molar-refractivity contribution in [3.63, 3.8) is 0 Å². The first-order chi connectivity index (χ1) is 6.26. The van der Waals surface area contributed by atoms with Crippen molar-refractivity contribution in [2.45, 2.75) is 12.5 Å².